The number of likely N-dealkylation sites (N-methyl/N-ethyl adjacent to an activating group) is 1. The molecule has 1 heterocycles. The van der Waals surface area contributed by atoms with E-state index in [1.807, 2.05) is 0 Å². The molecular weight excluding hydrogens is 334 g/mol. The molecule has 0 saturated heterocycles. The van der Waals surface area contributed by atoms with Crippen LogP contribution in [-0.4, -0.2) is 49.8 Å². The second-order valence-corrected chi connectivity index (χ2v) is 5.56. The summed E-state index contributed by atoms with van der Waals surface area (Å²) in [5.41, 5.74) is 10.7. The quantitative estimate of drug-likeness (QED) is 0.347. The van der Waals surface area contributed by atoms with Gasteiger partial charge in [-0.15, -0.1) is 0 Å². The van der Waals surface area contributed by atoms with E-state index in [0.717, 1.165) is 0 Å². The number of rotatable bonds is 8. The number of aliphatic hydroxyl groups excluding tert-OH is 1. The van der Waals surface area contributed by atoms with Gasteiger partial charge in [0, 0.05) is 31.9 Å². The van der Waals surface area contributed by atoms with Crippen LogP contribution in [0.2, 0.25) is 0 Å². The van der Waals surface area contributed by atoms with Gasteiger partial charge in [0.15, 0.2) is 0 Å². The topological polar surface area (TPSA) is 112 Å². The van der Waals surface area contributed by atoms with Gasteiger partial charge in [-0.25, -0.2) is 5.43 Å². The minimum absolute atomic E-state index is 0.191. The first kappa shape index (κ1) is 19.4. The Balaban J connectivity index is 2.37. The summed E-state index contributed by atoms with van der Waals surface area (Å²) in [6.45, 7) is 4.63. The predicted molar refractivity (Wildman–Crippen MR) is 102 cm³/mol. The standard InChI is InChI=1S/C18H25N5O3/c1-4-5-14(20-2)18(25)22-12-6-7-16(26-9-8-19)13(10-12)17-15(24)11-21-23(17)3/h4-7,10,20-21,24H,1,8-9,11,19H2,2-3H3,(H,22,25)/b14-5-. The van der Waals surface area contributed by atoms with Crippen molar-refractivity contribution in [1.29, 1.82) is 0 Å². The molecule has 1 aromatic carbocycles. The molecule has 1 aromatic rings. The second kappa shape index (κ2) is 8.93. The molecule has 0 aliphatic carbocycles. The molecule has 0 saturated carbocycles. The minimum Gasteiger partial charge on any atom is -0.509 e. The summed E-state index contributed by atoms with van der Waals surface area (Å²) >= 11 is 0. The second-order valence-electron chi connectivity index (χ2n) is 5.56. The Morgan fingerprint density at radius 2 is 2.31 bits per heavy atom. The van der Waals surface area contributed by atoms with Crippen molar-refractivity contribution in [2.24, 2.45) is 5.73 Å². The summed E-state index contributed by atoms with van der Waals surface area (Å²) < 4.78 is 5.69. The first-order valence-corrected chi connectivity index (χ1v) is 8.20. The molecule has 1 amide bonds. The van der Waals surface area contributed by atoms with Crippen molar-refractivity contribution in [3.8, 4) is 5.75 Å². The lowest BCUT2D eigenvalue weighted by molar-refractivity contribution is -0.113. The normalized spacial score (nSPS) is 14.4. The van der Waals surface area contributed by atoms with E-state index in [1.54, 1.807) is 43.4 Å². The Bertz CT molecular complexity index is 742. The highest BCUT2D eigenvalue weighted by Crippen LogP contribution is 2.33. The first-order valence-electron chi connectivity index (χ1n) is 8.20. The Morgan fingerprint density at radius 1 is 1.54 bits per heavy atom. The molecule has 0 bridgehead atoms. The molecule has 140 valence electrons. The number of amides is 1. The van der Waals surface area contributed by atoms with Crippen LogP contribution in [0, 0.1) is 0 Å². The molecule has 0 unspecified atom stereocenters. The Morgan fingerprint density at radius 3 is 2.88 bits per heavy atom. The van der Waals surface area contributed by atoms with Crippen molar-refractivity contribution >= 4 is 17.3 Å². The highest BCUT2D eigenvalue weighted by molar-refractivity contribution is 6.03. The molecule has 2 rings (SSSR count). The van der Waals surface area contributed by atoms with Crippen LogP contribution in [0.4, 0.5) is 5.69 Å². The zero-order valence-electron chi connectivity index (χ0n) is 15.0. The third-order valence-electron chi connectivity index (χ3n) is 3.76. The van der Waals surface area contributed by atoms with E-state index in [4.69, 9.17) is 10.5 Å². The van der Waals surface area contributed by atoms with Crippen LogP contribution in [0.1, 0.15) is 5.56 Å². The van der Waals surface area contributed by atoms with Crippen LogP contribution in [-0.2, 0) is 4.79 Å². The maximum atomic E-state index is 12.3. The predicted octanol–water partition coefficient (Wildman–Crippen LogP) is 0.929. The number of aliphatic hydroxyl groups is 1. The zero-order chi connectivity index (χ0) is 19.1. The number of nitrogens with two attached hydrogens (primary N) is 1. The summed E-state index contributed by atoms with van der Waals surface area (Å²) in [6, 6.07) is 5.22. The molecule has 6 N–H and O–H groups in total. The van der Waals surface area contributed by atoms with Crippen LogP contribution in [0.25, 0.3) is 5.70 Å². The van der Waals surface area contributed by atoms with Gasteiger partial charge in [-0.1, -0.05) is 12.7 Å². The number of ether oxygens (including phenoxy) is 1. The van der Waals surface area contributed by atoms with E-state index < -0.39 is 0 Å². The Labute approximate surface area is 153 Å². The first-order chi connectivity index (χ1) is 12.5. The highest BCUT2D eigenvalue weighted by atomic mass is 16.5. The van der Waals surface area contributed by atoms with Gasteiger partial charge in [0.2, 0.25) is 0 Å². The van der Waals surface area contributed by atoms with Crippen LogP contribution in [0.5, 0.6) is 5.75 Å². The number of allylic oxidation sites excluding steroid dienone is 2. The van der Waals surface area contributed by atoms with Crippen LogP contribution >= 0.6 is 0 Å². The Kier molecular flexibility index (Phi) is 6.65. The van der Waals surface area contributed by atoms with E-state index >= 15 is 0 Å². The molecular formula is C18H25N5O3. The lowest BCUT2D eigenvalue weighted by Crippen LogP contribution is -2.27. The molecule has 8 heteroatoms. The largest absolute Gasteiger partial charge is 0.509 e. The van der Waals surface area contributed by atoms with Gasteiger partial charge in [-0.2, -0.15) is 0 Å². The summed E-state index contributed by atoms with van der Waals surface area (Å²) in [4.78, 5) is 12.3. The summed E-state index contributed by atoms with van der Waals surface area (Å²) in [5, 5.41) is 17.6. The molecule has 1 aliphatic rings. The van der Waals surface area contributed by atoms with Gasteiger partial charge in [0.1, 0.15) is 23.8 Å². The fourth-order valence-electron chi connectivity index (χ4n) is 2.56. The highest BCUT2D eigenvalue weighted by Gasteiger charge is 2.24. The van der Waals surface area contributed by atoms with Gasteiger partial charge in [-0.3, -0.25) is 4.79 Å². The summed E-state index contributed by atoms with van der Waals surface area (Å²) in [5.74, 6) is 0.460. The van der Waals surface area contributed by atoms with Gasteiger partial charge >= 0.3 is 0 Å². The van der Waals surface area contributed by atoms with Gasteiger partial charge in [-0.05, 0) is 24.3 Å². The van der Waals surface area contributed by atoms with Crippen LogP contribution in [0.3, 0.4) is 0 Å². The molecule has 0 aromatic heterocycles. The lowest BCUT2D eigenvalue weighted by Gasteiger charge is -2.20. The summed E-state index contributed by atoms with van der Waals surface area (Å²) in [6.07, 6.45) is 3.11. The number of benzene rings is 1. The molecule has 8 nitrogen and oxygen atoms in total. The SMILES string of the molecule is C=C/C=C(\NC)C(=O)Nc1ccc(OCCN)c(C2=C(O)CNN2C)c1. The van der Waals surface area contributed by atoms with Crippen molar-refractivity contribution < 1.29 is 14.6 Å². The molecule has 26 heavy (non-hydrogen) atoms. The molecule has 0 fully saturated rings. The van der Waals surface area contributed by atoms with E-state index in [0.29, 0.717) is 48.1 Å². The molecule has 0 spiro atoms. The monoisotopic (exact) mass is 359 g/mol. The number of carbonyl (C=O) groups is 1. The third-order valence-corrected chi connectivity index (χ3v) is 3.76. The van der Waals surface area contributed by atoms with Crippen LogP contribution in [0.15, 0.2) is 48.4 Å². The van der Waals surface area contributed by atoms with E-state index in [9.17, 15) is 9.90 Å². The van der Waals surface area contributed by atoms with E-state index in [2.05, 4.69) is 22.6 Å². The molecule has 0 radical (unpaired) electrons. The fraction of sp³-hybridized carbons (Fsp3) is 0.278. The van der Waals surface area contributed by atoms with E-state index in [1.165, 1.54) is 6.08 Å². The number of anilines is 1. The Hall–Kier alpha value is -2.97. The summed E-state index contributed by atoms with van der Waals surface area (Å²) in [7, 11) is 3.45. The zero-order valence-corrected chi connectivity index (χ0v) is 15.0. The number of hydrogen-bond donors (Lipinski definition) is 5. The fourth-order valence-corrected chi connectivity index (χ4v) is 2.56. The van der Waals surface area contributed by atoms with Crippen molar-refractivity contribution in [3.05, 3.63) is 53.9 Å². The van der Waals surface area contributed by atoms with Crippen molar-refractivity contribution in [2.45, 2.75) is 0 Å². The van der Waals surface area contributed by atoms with Crippen LogP contribution < -0.4 is 26.5 Å². The average molecular weight is 359 g/mol. The van der Waals surface area contributed by atoms with Crippen molar-refractivity contribution in [1.82, 2.24) is 15.8 Å². The number of hydrazine groups is 1. The lowest BCUT2D eigenvalue weighted by atomic mass is 10.1. The smallest absolute Gasteiger partial charge is 0.271 e. The average Bonchev–Trinajstić information content (AvgIpc) is 2.96. The van der Waals surface area contributed by atoms with Gasteiger partial charge < -0.3 is 31.2 Å². The minimum atomic E-state index is -0.301. The van der Waals surface area contributed by atoms with Crippen molar-refractivity contribution in [3.63, 3.8) is 0 Å². The van der Waals surface area contributed by atoms with E-state index in [-0.39, 0.29) is 11.7 Å². The number of hydrogen-bond acceptors (Lipinski definition) is 7. The van der Waals surface area contributed by atoms with Gasteiger partial charge in [0.05, 0.1) is 12.2 Å². The maximum absolute atomic E-state index is 12.3. The third kappa shape index (κ3) is 4.35. The number of nitrogens with one attached hydrogen (secondary N) is 3. The number of nitrogens with zero attached hydrogens (tertiary/aromatic N) is 1. The van der Waals surface area contributed by atoms with Gasteiger partial charge in [0.25, 0.3) is 5.91 Å². The van der Waals surface area contributed by atoms with Crippen molar-refractivity contribution in [2.75, 3.05) is 39.1 Å². The number of carbonyl (C=O) groups excluding carboxylic acids is 1. The molecule has 0 atom stereocenters. The maximum Gasteiger partial charge on any atom is 0.271 e. The molecule has 1 aliphatic heterocycles.